The molecule has 1 N–H and O–H groups in total. The van der Waals surface area contributed by atoms with E-state index in [0.29, 0.717) is 5.76 Å². The van der Waals surface area contributed by atoms with Gasteiger partial charge < -0.3 is 9.73 Å². The van der Waals surface area contributed by atoms with E-state index >= 15 is 0 Å². The Kier molecular flexibility index (Phi) is 4.90. The van der Waals surface area contributed by atoms with Gasteiger partial charge in [0.15, 0.2) is 0 Å². The minimum Gasteiger partial charge on any atom is -0.459 e. The summed E-state index contributed by atoms with van der Waals surface area (Å²) in [6.45, 7) is 5.04. The smallest absolute Gasteiger partial charge is 0.137 e. The Morgan fingerprint density at radius 3 is 2.65 bits per heavy atom. The summed E-state index contributed by atoms with van der Waals surface area (Å²) in [5.41, 5.74) is 0.154. The SMILES string of the molecule is CCCNC(CC)c1ccc(-c2cc(F)ccc2F)o1. The summed E-state index contributed by atoms with van der Waals surface area (Å²) in [5.74, 6) is 0.144. The summed E-state index contributed by atoms with van der Waals surface area (Å²) in [7, 11) is 0. The highest BCUT2D eigenvalue weighted by molar-refractivity contribution is 5.58. The Labute approximate surface area is 117 Å². The summed E-state index contributed by atoms with van der Waals surface area (Å²) < 4.78 is 32.6. The molecule has 0 spiro atoms. The molecule has 1 unspecified atom stereocenters. The van der Waals surface area contributed by atoms with Gasteiger partial charge in [-0.1, -0.05) is 13.8 Å². The molecule has 0 fully saturated rings. The maximum absolute atomic E-state index is 13.7. The van der Waals surface area contributed by atoms with Gasteiger partial charge in [-0.2, -0.15) is 0 Å². The fourth-order valence-corrected chi connectivity index (χ4v) is 2.14. The molecule has 1 atom stereocenters. The lowest BCUT2D eigenvalue weighted by atomic mass is 10.1. The van der Waals surface area contributed by atoms with Crippen LogP contribution in [0.4, 0.5) is 8.78 Å². The van der Waals surface area contributed by atoms with Gasteiger partial charge in [0.2, 0.25) is 0 Å². The van der Waals surface area contributed by atoms with E-state index in [1.54, 1.807) is 6.07 Å². The molecule has 20 heavy (non-hydrogen) atoms. The number of rotatable bonds is 6. The molecule has 0 bridgehead atoms. The highest BCUT2D eigenvalue weighted by Gasteiger charge is 2.15. The number of hydrogen-bond donors (Lipinski definition) is 1. The standard InChI is InChI=1S/C16H19F2NO/c1-3-9-19-14(4-2)16-8-7-15(20-16)12-10-11(17)5-6-13(12)18/h5-8,10,14,19H,3-4,9H2,1-2H3. The first kappa shape index (κ1) is 14.7. The lowest BCUT2D eigenvalue weighted by Gasteiger charge is -2.13. The third-order valence-corrected chi connectivity index (χ3v) is 3.21. The zero-order chi connectivity index (χ0) is 14.5. The maximum Gasteiger partial charge on any atom is 0.137 e. The topological polar surface area (TPSA) is 25.2 Å². The Balaban J connectivity index is 2.25. The molecular weight excluding hydrogens is 260 g/mol. The Morgan fingerprint density at radius 1 is 1.15 bits per heavy atom. The fraction of sp³-hybridized carbons (Fsp3) is 0.375. The van der Waals surface area contributed by atoms with E-state index in [1.807, 2.05) is 6.07 Å². The Hall–Kier alpha value is -1.68. The third kappa shape index (κ3) is 3.25. The van der Waals surface area contributed by atoms with Crippen molar-refractivity contribution in [1.29, 1.82) is 0 Å². The van der Waals surface area contributed by atoms with Gasteiger partial charge in [-0.3, -0.25) is 0 Å². The third-order valence-electron chi connectivity index (χ3n) is 3.21. The predicted octanol–water partition coefficient (Wildman–Crippen LogP) is 4.68. The first-order valence-corrected chi connectivity index (χ1v) is 6.94. The van der Waals surface area contributed by atoms with E-state index in [0.717, 1.165) is 43.3 Å². The summed E-state index contributed by atoms with van der Waals surface area (Å²) >= 11 is 0. The molecule has 108 valence electrons. The monoisotopic (exact) mass is 279 g/mol. The quantitative estimate of drug-likeness (QED) is 0.830. The molecule has 0 radical (unpaired) electrons. The van der Waals surface area contributed by atoms with Gasteiger partial charge >= 0.3 is 0 Å². The molecule has 2 nitrogen and oxygen atoms in total. The molecule has 1 aromatic carbocycles. The molecule has 0 saturated carbocycles. The highest BCUT2D eigenvalue weighted by Crippen LogP contribution is 2.29. The minimum atomic E-state index is -0.484. The summed E-state index contributed by atoms with van der Waals surface area (Å²) in [6.07, 6.45) is 1.90. The summed E-state index contributed by atoms with van der Waals surface area (Å²) in [6, 6.07) is 6.96. The van der Waals surface area contributed by atoms with Crippen molar-refractivity contribution in [2.45, 2.75) is 32.7 Å². The van der Waals surface area contributed by atoms with Crippen molar-refractivity contribution in [2.75, 3.05) is 6.54 Å². The van der Waals surface area contributed by atoms with Crippen molar-refractivity contribution < 1.29 is 13.2 Å². The van der Waals surface area contributed by atoms with Gasteiger partial charge in [0, 0.05) is 0 Å². The predicted molar refractivity (Wildman–Crippen MR) is 75.4 cm³/mol. The van der Waals surface area contributed by atoms with E-state index in [1.165, 1.54) is 0 Å². The molecule has 1 heterocycles. The van der Waals surface area contributed by atoms with Crippen LogP contribution >= 0.6 is 0 Å². The van der Waals surface area contributed by atoms with Crippen molar-refractivity contribution in [2.24, 2.45) is 0 Å². The highest BCUT2D eigenvalue weighted by atomic mass is 19.1. The lowest BCUT2D eigenvalue weighted by molar-refractivity contribution is 0.410. The molecule has 1 aromatic heterocycles. The van der Waals surface area contributed by atoms with E-state index < -0.39 is 11.6 Å². The molecule has 2 rings (SSSR count). The summed E-state index contributed by atoms with van der Waals surface area (Å²) in [4.78, 5) is 0. The number of nitrogens with one attached hydrogen (secondary N) is 1. The van der Waals surface area contributed by atoms with E-state index in [-0.39, 0.29) is 11.6 Å². The van der Waals surface area contributed by atoms with Crippen LogP contribution in [-0.2, 0) is 0 Å². The first-order valence-electron chi connectivity index (χ1n) is 6.94. The first-order chi connectivity index (χ1) is 9.65. The number of benzene rings is 1. The van der Waals surface area contributed by atoms with Gasteiger partial charge in [0.25, 0.3) is 0 Å². The largest absolute Gasteiger partial charge is 0.459 e. The molecule has 0 saturated heterocycles. The normalized spacial score (nSPS) is 12.6. The fourth-order valence-electron chi connectivity index (χ4n) is 2.14. The summed E-state index contributed by atoms with van der Waals surface area (Å²) in [5, 5.41) is 3.36. The van der Waals surface area contributed by atoms with Crippen LogP contribution in [0.25, 0.3) is 11.3 Å². The maximum atomic E-state index is 13.7. The molecule has 0 amide bonds. The number of hydrogen-bond acceptors (Lipinski definition) is 2. The second kappa shape index (κ2) is 6.66. The molecule has 0 aliphatic carbocycles. The van der Waals surface area contributed by atoms with E-state index in [2.05, 4.69) is 19.2 Å². The van der Waals surface area contributed by atoms with Crippen LogP contribution < -0.4 is 5.32 Å². The van der Waals surface area contributed by atoms with Gasteiger partial charge in [-0.05, 0) is 49.7 Å². The zero-order valence-electron chi connectivity index (χ0n) is 11.7. The zero-order valence-corrected chi connectivity index (χ0v) is 11.7. The van der Waals surface area contributed by atoms with Crippen LogP contribution in [0.3, 0.4) is 0 Å². The number of furan rings is 1. The second-order valence-electron chi connectivity index (χ2n) is 4.74. The minimum absolute atomic E-state index is 0.0975. The van der Waals surface area contributed by atoms with Crippen LogP contribution in [0.1, 0.15) is 38.5 Å². The van der Waals surface area contributed by atoms with Gasteiger partial charge in [0.05, 0.1) is 11.6 Å². The van der Waals surface area contributed by atoms with Gasteiger partial charge in [-0.15, -0.1) is 0 Å². The van der Waals surface area contributed by atoms with Gasteiger partial charge in [-0.25, -0.2) is 8.78 Å². The van der Waals surface area contributed by atoms with Crippen LogP contribution in [0, 0.1) is 11.6 Å². The van der Waals surface area contributed by atoms with Crippen LogP contribution in [0.5, 0.6) is 0 Å². The second-order valence-corrected chi connectivity index (χ2v) is 4.74. The van der Waals surface area contributed by atoms with Gasteiger partial charge in [0.1, 0.15) is 23.2 Å². The van der Waals surface area contributed by atoms with Crippen molar-refractivity contribution in [3.8, 4) is 11.3 Å². The van der Waals surface area contributed by atoms with Crippen LogP contribution in [0.15, 0.2) is 34.7 Å². The van der Waals surface area contributed by atoms with E-state index in [4.69, 9.17) is 4.42 Å². The molecule has 0 aliphatic rings. The molecule has 2 aromatic rings. The van der Waals surface area contributed by atoms with Crippen molar-refractivity contribution in [1.82, 2.24) is 5.32 Å². The van der Waals surface area contributed by atoms with Crippen molar-refractivity contribution in [3.63, 3.8) is 0 Å². The lowest BCUT2D eigenvalue weighted by Crippen LogP contribution is -2.20. The van der Waals surface area contributed by atoms with E-state index in [9.17, 15) is 8.78 Å². The molecular formula is C16H19F2NO. The van der Waals surface area contributed by atoms with Crippen molar-refractivity contribution >= 4 is 0 Å². The van der Waals surface area contributed by atoms with Crippen LogP contribution in [-0.4, -0.2) is 6.54 Å². The van der Waals surface area contributed by atoms with Crippen molar-refractivity contribution in [3.05, 3.63) is 47.7 Å². The Bertz CT molecular complexity index is 565. The average Bonchev–Trinajstić information content (AvgIpc) is 2.92. The number of halogens is 2. The van der Waals surface area contributed by atoms with Crippen LogP contribution in [0.2, 0.25) is 0 Å². The Morgan fingerprint density at radius 2 is 1.95 bits per heavy atom. The molecule has 4 heteroatoms. The molecule has 0 aliphatic heterocycles. The average molecular weight is 279 g/mol.